The molecule has 0 atom stereocenters. The largest absolute Gasteiger partial charge is 0 e. The quantitative estimate of drug-likeness (QED) is 0.147. The molecule has 1 saturated carbocycles. The molecule has 0 aromatic rings. The minimum Gasteiger partial charge on any atom is 0 e. The van der Waals surface area contributed by atoms with Crippen molar-refractivity contribution in [2.45, 2.75) is 6.92 Å². The van der Waals surface area contributed by atoms with Gasteiger partial charge in [0.1, 0.15) is 0 Å². The van der Waals surface area contributed by atoms with Gasteiger partial charge in [-0.15, -0.1) is 5.73 Å². The van der Waals surface area contributed by atoms with E-state index in [1.165, 1.54) is 13.0 Å². The Labute approximate surface area is 130 Å². The van der Waals surface area contributed by atoms with Crippen LogP contribution in [0.3, 0.4) is 0 Å². The van der Waals surface area contributed by atoms with E-state index in [2.05, 4.69) is 43.5 Å². The summed E-state index contributed by atoms with van der Waals surface area (Å²) in [4.78, 5) is 19.8. The van der Waals surface area contributed by atoms with Crippen LogP contribution >= 0.6 is 0 Å². The average molecular weight is 316 g/mol. The maximum absolute atomic E-state index is 10.2. The van der Waals surface area contributed by atoms with Gasteiger partial charge in [-0.3, -0.25) is 4.79 Å². The first kappa shape index (κ1) is 27.1. The third kappa shape index (κ3) is 25.5. The minimum atomic E-state index is -0.520. The molecule has 0 aromatic heterocycles. The van der Waals surface area contributed by atoms with E-state index in [1.54, 1.807) is 0 Å². The van der Waals surface area contributed by atoms with E-state index in [1.807, 2.05) is 12.8 Å². The van der Waals surface area contributed by atoms with Crippen molar-refractivity contribution in [1.29, 1.82) is 0 Å². The molecular formula is C14H13MnO5. The van der Waals surface area contributed by atoms with E-state index < -0.39 is 5.97 Å². The zero-order valence-electron chi connectivity index (χ0n) is 11.0. The number of carbonyl (C=O) groups is 2. The molecule has 5 nitrogen and oxygen atoms in total. The van der Waals surface area contributed by atoms with Crippen LogP contribution in [0.4, 0.5) is 0 Å². The Morgan fingerprint density at radius 3 is 1.95 bits per heavy atom. The number of esters is 1. The molecule has 6 heteroatoms. The van der Waals surface area contributed by atoms with Crippen LogP contribution in [0.1, 0.15) is 6.92 Å². The predicted octanol–water partition coefficient (Wildman–Crippen LogP) is 1.40. The van der Waals surface area contributed by atoms with Gasteiger partial charge in [-0.05, 0) is 31.6 Å². The summed E-state index contributed by atoms with van der Waals surface area (Å²) >= 11 is 0. The molecule has 6 radical (unpaired) electrons. The van der Waals surface area contributed by atoms with Gasteiger partial charge in [-0.1, -0.05) is 6.92 Å². The zero-order chi connectivity index (χ0) is 15.5. The number of aldehydes is 1. The Bertz CT molecular complexity index is 315. The van der Waals surface area contributed by atoms with Crippen molar-refractivity contribution in [3.63, 3.8) is 0 Å². The fourth-order valence-corrected chi connectivity index (χ4v) is 0.685. The van der Waals surface area contributed by atoms with Crippen molar-refractivity contribution in [2.24, 2.45) is 0 Å². The van der Waals surface area contributed by atoms with Gasteiger partial charge in [0.25, 0.3) is 0 Å². The summed E-state index contributed by atoms with van der Waals surface area (Å²) in [6.07, 6.45) is 10.9. The molecular weight excluding hydrogens is 303 g/mol. The molecule has 0 aliphatic heterocycles. The number of ether oxygens (including phenoxy) is 1. The number of hydrogen-bond acceptors (Lipinski definition) is 3. The van der Waals surface area contributed by atoms with Crippen molar-refractivity contribution in [3.05, 3.63) is 62.8 Å². The number of carbonyl (C=O) groups excluding carboxylic acids is 2. The van der Waals surface area contributed by atoms with Gasteiger partial charge >= 0.3 is 28.6 Å². The van der Waals surface area contributed by atoms with Crippen molar-refractivity contribution in [3.8, 4) is 0 Å². The van der Waals surface area contributed by atoms with Gasteiger partial charge in [-0.2, -0.15) is 0 Å². The monoisotopic (exact) mass is 316 g/mol. The van der Waals surface area contributed by atoms with Gasteiger partial charge in [0.05, 0.1) is 13.2 Å². The van der Waals surface area contributed by atoms with Gasteiger partial charge in [0, 0.05) is 23.1 Å². The molecule has 0 heterocycles. The number of hydrogen-bond donors (Lipinski definition) is 0. The first-order valence-corrected chi connectivity index (χ1v) is 4.74. The Kier molecular flexibility index (Phi) is 35.6. The van der Waals surface area contributed by atoms with Gasteiger partial charge in [-0.25, -0.2) is 4.79 Å². The van der Waals surface area contributed by atoms with E-state index in [-0.39, 0.29) is 17.1 Å². The van der Waals surface area contributed by atoms with Crippen molar-refractivity contribution < 1.29 is 40.7 Å². The summed E-state index contributed by atoms with van der Waals surface area (Å²) in [5, 5.41) is 0. The van der Waals surface area contributed by atoms with Crippen LogP contribution in [0.5, 0.6) is 0 Å². The van der Waals surface area contributed by atoms with Crippen LogP contribution in [-0.4, -0.2) is 19.4 Å². The summed E-state index contributed by atoms with van der Waals surface area (Å²) in [6.45, 7) is 11.1. The molecule has 20 heavy (non-hydrogen) atoms. The Balaban J connectivity index is -0.000000101. The first-order chi connectivity index (χ1) is 9.20. The summed E-state index contributed by atoms with van der Waals surface area (Å²) in [5.74, 6) is 0.822. The van der Waals surface area contributed by atoms with Crippen LogP contribution in [0.25, 0.3) is 0 Å². The molecule has 106 valence electrons. The standard InChI is InChI=1S/C6H6O3.C6H7.2CO.Mn/c1-9-6(8)4-2-3-5-7;1-6-4-2-3-5-6;2*1-2;/h3-5H,1H3;2-5H,1H3;;;. The summed E-state index contributed by atoms with van der Waals surface area (Å²) in [6, 6.07) is 0. The molecule has 0 N–H and O–H groups in total. The van der Waals surface area contributed by atoms with Crippen molar-refractivity contribution in [1.82, 2.24) is 0 Å². The van der Waals surface area contributed by atoms with E-state index >= 15 is 0 Å². The molecule has 0 bridgehead atoms. The normalized spacial score (nSPS) is 10.9. The maximum Gasteiger partial charge on any atom is 0 e. The second-order valence-corrected chi connectivity index (χ2v) is 2.60. The van der Waals surface area contributed by atoms with Gasteiger partial charge in [0.2, 0.25) is 0 Å². The van der Waals surface area contributed by atoms with Crippen LogP contribution in [0.2, 0.25) is 0 Å². The third-order valence-electron chi connectivity index (χ3n) is 1.40. The minimum absolute atomic E-state index is 0. The molecule has 1 aliphatic carbocycles. The van der Waals surface area contributed by atoms with Crippen LogP contribution < -0.4 is 0 Å². The van der Waals surface area contributed by atoms with E-state index in [4.69, 9.17) is 9.30 Å². The van der Waals surface area contributed by atoms with Gasteiger partial charge < -0.3 is 4.74 Å². The second-order valence-electron chi connectivity index (χ2n) is 2.60. The number of rotatable bonds is 2. The number of methoxy groups -OCH3 is 1. The maximum atomic E-state index is 10.2. The van der Waals surface area contributed by atoms with Crippen LogP contribution in [-0.2, 0) is 40.7 Å². The molecule has 0 amide bonds. The van der Waals surface area contributed by atoms with Gasteiger partial charge in [0.15, 0.2) is 6.29 Å². The molecule has 0 spiro atoms. The zero-order valence-corrected chi connectivity index (χ0v) is 12.1. The molecule has 0 saturated heterocycles. The smallest absolute Gasteiger partial charge is 0 e. The molecule has 0 aromatic carbocycles. The third-order valence-corrected chi connectivity index (χ3v) is 1.40. The predicted molar refractivity (Wildman–Crippen MR) is 64.7 cm³/mol. The Morgan fingerprint density at radius 2 is 1.70 bits per heavy atom. The Hall–Kier alpha value is -1.34. The molecule has 1 aliphatic rings. The fraction of sp³-hybridized carbons (Fsp3) is 0.143. The van der Waals surface area contributed by atoms with Crippen molar-refractivity contribution in [2.75, 3.05) is 7.11 Å². The second kappa shape index (κ2) is 26.3. The summed E-state index contributed by atoms with van der Waals surface area (Å²) in [5.41, 5.74) is 2.29. The van der Waals surface area contributed by atoms with Crippen molar-refractivity contribution >= 4 is 12.3 Å². The van der Waals surface area contributed by atoms with Crippen LogP contribution in [0, 0.1) is 44.9 Å². The van der Waals surface area contributed by atoms with E-state index in [0.717, 1.165) is 12.2 Å². The van der Waals surface area contributed by atoms with Crippen LogP contribution in [0.15, 0.2) is 17.9 Å². The molecule has 1 fully saturated rings. The van der Waals surface area contributed by atoms with E-state index in [0.29, 0.717) is 6.29 Å². The average Bonchev–Trinajstić information content (AvgIpc) is 2.95. The summed E-state index contributed by atoms with van der Waals surface area (Å²) in [7, 11) is 1.25. The summed E-state index contributed by atoms with van der Waals surface area (Å²) < 4.78 is 19.2. The molecule has 0 unspecified atom stereocenters. The fourth-order valence-electron chi connectivity index (χ4n) is 0.685. The topological polar surface area (TPSA) is 83.2 Å². The first-order valence-electron chi connectivity index (χ1n) is 4.74. The molecule has 1 rings (SSSR count). The SMILES string of the molecule is COC(=O)C=C=CC=O.C[C]1[CH][CH][CH][CH]1.[C-]#[O+].[C-]#[O+].[Mn]. The van der Waals surface area contributed by atoms with E-state index in [9.17, 15) is 9.59 Å². The Morgan fingerprint density at radius 1 is 1.25 bits per heavy atom.